The standard InChI is InChI=1S/C15H21N3OS/c1-10-3-6-15(7-4-10,14(16)20)18-13(19)12-5-8-17-11(2)9-12/h5,8-10H,3-4,6-7H2,1-2H3,(H2,16,20)(H,18,19). The van der Waals surface area contributed by atoms with Crippen molar-refractivity contribution in [3.05, 3.63) is 29.6 Å². The average Bonchev–Trinajstić information content (AvgIpc) is 2.41. The van der Waals surface area contributed by atoms with Crippen LogP contribution in [0.5, 0.6) is 0 Å². The number of nitrogens with two attached hydrogens (primary N) is 1. The summed E-state index contributed by atoms with van der Waals surface area (Å²) >= 11 is 5.21. The van der Waals surface area contributed by atoms with Crippen LogP contribution in [0.4, 0.5) is 0 Å². The molecule has 0 aromatic carbocycles. The van der Waals surface area contributed by atoms with E-state index in [2.05, 4.69) is 17.2 Å². The number of pyridine rings is 1. The van der Waals surface area contributed by atoms with Crippen LogP contribution in [0.25, 0.3) is 0 Å². The largest absolute Gasteiger partial charge is 0.391 e. The Kier molecular flexibility index (Phi) is 4.38. The van der Waals surface area contributed by atoms with Crippen LogP contribution in [-0.4, -0.2) is 21.4 Å². The Morgan fingerprint density at radius 2 is 2.15 bits per heavy atom. The van der Waals surface area contributed by atoms with Crippen LogP contribution >= 0.6 is 12.2 Å². The molecule has 0 bridgehead atoms. The second kappa shape index (κ2) is 5.87. The Bertz CT molecular complexity index is 522. The van der Waals surface area contributed by atoms with Crippen molar-refractivity contribution in [3.63, 3.8) is 0 Å². The quantitative estimate of drug-likeness (QED) is 0.839. The number of amides is 1. The Labute approximate surface area is 125 Å². The topological polar surface area (TPSA) is 68.0 Å². The molecule has 108 valence electrons. The van der Waals surface area contributed by atoms with Gasteiger partial charge in [0.1, 0.15) is 0 Å². The van der Waals surface area contributed by atoms with Crippen molar-refractivity contribution in [2.75, 3.05) is 0 Å². The monoisotopic (exact) mass is 291 g/mol. The maximum Gasteiger partial charge on any atom is 0.252 e. The maximum atomic E-state index is 12.4. The lowest BCUT2D eigenvalue weighted by Crippen LogP contribution is -2.58. The molecule has 2 rings (SSSR count). The number of hydrogen-bond acceptors (Lipinski definition) is 3. The molecule has 0 aliphatic heterocycles. The van der Waals surface area contributed by atoms with E-state index < -0.39 is 5.54 Å². The molecule has 1 aliphatic rings. The van der Waals surface area contributed by atoms with Crippen LogP contribution < -0.4 is 11.1 Å². The number of aromatic nitrogens is 1. The Balaban J connectivity index is 2.17. The van der Waals surface area contributed by atoms with E-state index in [0.29, 0.717) is 16.5 Å². The van der Waals surface area contributed by atoms with E-state index >= 15 is 0 Å². The van der Waals surface area contributed by atoms with E-state index in [1.807, 2.05) is 6.92 Å². The summed E-state index contributed by atoms with van der Waals surface area (Å²) in [6.07, 6.45) is 5.35. The summed E-state index contributed by atoms with van der Waals surface area (Å²) in [5.41, 5.74) is 6.80. The maximum absolute atomic E-state index is 12.4. The summed E-state index contributed by atoms with van der Waals surface area (Å²) in [6.45, 7) is 4.08. The first kappa shape index (κ1) is 14.9. The van der Waals surface area contributed by atoms with Crippen LogP contribution in [0.15, 0.2) is 18.3 Å². The molecule has 1 amide bonds. The first-order valence-electron chi connectivity index (χ1n) is 6.98. The summed E-state index contributed by atoms with van der Waals surface area (Å²) in [7, 11) is 0. The van der Waals surface area contributed by atoms with Gasteiger partial charge in [0, 0.05) is 17.5 Å². The average molecular weight is 291 g/mol. The lowest BCUT2D eigenvalue weighted by atomic mass is 9.77. The zero-order valence-electron chi connectivity index (χ0n) is 12.0. The number of carbonyl (C=O) groups is 1. The van der Waals surface area contributed by atoms with Gasteiger partial charge < -0.3 is 11.1 Å². The van der Waals surface area contributed by atoms with E-state index in [4.69, 9.17) is 18.0 Å². The fraction of sp³-hybridized carbons (Fsp3) is 0.533. The second-order valence-corrected chi connectivity index (χ2v) is 6.21. The van der Waals surface area contributed by atoms with Crippen LogP contribution in [0.1, 0.15) is 48.7 Å². The first-order valence-corrected chi connectivity index (χ1v) is 7.39. The Morgan fingerprint density at radius 3 is 2.70 bits per heavy atom. The summed E-state index contributed by atoms with van der Waals surface area (Å²) in [5.74, 6) is 0.537. The smallest absolute Gasteiger partial charge is 0.252 e. The van der Waals surface area contributed by atoms with Gasteiger partial charge in [-0.05, 0) is 50.7 Å². The number of aryl methyl sites for hydroxylation is 1. The summed E-state index contributed by atoms with van der Waals surface area (Å²) in [6, 6.07) is 3.48. The number of nitrogens with one attached hydrogen (secondary N) is 1. The van der Waals surface area contributed by atoms with Crippen molar-refractivity contribution >= 4 is 23.1 Å². The molecule has 1 aromatic heterocycles. The molecule has 0 spiro atoms. The summed E-state index contributed by atoms with van der Waals surface area (Å²) < 4.78 is 0. The number of thiocarbonyl (C=S) groups is 1. The fourth-order valence-electron chi connectivity index (χ4n) is 2.66. The molecular formula is C15H21N3OS. The van der Waals surface area contributed by atoms with Crippen molar-refractivity contribution in [2.24, 2.45) is 11.7 Å². The van der Waals surface area contributed by atoms with Crippen molar-refractivity contribution in [2.45, 2.75) is 45.1 Å². The fourth-order valence-corrected chi connectivity index (χ4v) is 2.92. The predicted octanol–water partition coefficient (Wildman–Crippen LogP) is 2.35. The number of rotatable bonds is 3. The number of carbonyl (C=O) groups excluding carboxylic acids is 1. The molecule has 1 fully saturated rings. The lowest BCUT2D eigenvalue weighted by Gasteiger charge is -2.39. The van der Waals surface area contributed by atoms with Gasteiger partial charge in [-0.2, -0.15) is 0 Å². The molecule has 4 nitrogen and oxygen atoms in total. The highest BCUT2D eigenvalue weighted by molar-refractivity contribution is 7.80. The van der Waals surface area contributed by atoms with Crippen LogP contribution in [0.3, 0.4) is 0 Å². The molecular weight excluding hydrogens is 270 g/mol. The van der Waals surface area contributed by atoms with Crippen LogP contribution in [0.2, 0.25) is 0 Å². The summed E-state index contributed by atoms with van der Waals surface area (Å²) in [4.78, 5) is 16.9. The minimum atomic E-state index is -0.532. The van der Waals surface area contributed by atoms with Gasteiger partial charge in [-0.1, -0.05) is 19.1 Å². The van der Waals surface area contributed by atoms with Crippen molar-refractivity contribution in [3.8, 4) is 0 Å². The van der Waals surface area contributed by atoms with Gasteiger partial charge in [-0.15, -0.1) is 0 Å². The zero-order chi connectivity index (χ0) is 14.8. The third-order valence-electron chi connectivity index (χ3n) is 4.11. The molecule has 1 aliphatic carbocycles. The van der Waals surface area contributed by atoms with Gasteiger partial charge in [0.2, 0.25) is 0 Å². The molecule has 3 N–H and O–H groups in total. The number of hydrogen-bond donors (Lipinski definition) is 2. The van der Waals surface area contributed by atoms with Crippen molar-refractivity contribution in [1.82, 2.24) is 10.3 Å². The SMILES string of the molecule is Cc1cc(C(=O)NC2(C(N)=S)CCC(C)CC2)ccn1. The highest BCUT2D eigenvalue weighted by Gasteiger charge is 2.38. The molecule has 1 saturated carbocycles. The van der Waals surface area contributed by atoms with Gasteiger partial charge in [0.15, 0.2) is 0 Å². The second-order valence-electron chi connectivity index (χ2n) is 5.77. The Hall–Kier alpha value is -1.49. The predicted molar refractivity (Wildman–Crippen MR) is 83.6 cm³/mol. The number of nitrogens with zero attached hydrogens (tertiary/aromatic N) is 1. The Morgan fingerprint density at radius 1 is 1.50 bits per heavy atom. The molecule has 1 aromatic rings. The van der Waals surface area contributed by atoms with E-state index in [9.17, 15) is 4.79 Å². The van der Waals surface area contributed by atoms with Gasteiger partial charge in [0.25, 0.3) is 5.91 Å². The van der Waals surface area contributed by atoms with E-state index in [1.54, 1.807) is 18.3 Å². The van der Waals surface area contributed by atoms with Crippen molar-refractivity contribution in [1.29, 1.82) is 0 Å². The van der Waals surface area contributed by atoms with E-state index in [-0.39, 0.29) is 5.91 Å². The van der Waals surface area contributed by atoms with Gasteiger partial charge >= 0.3 is 0 Å². The highest BCUT2D eigenvalue weighted by atomic mass is 32.1. The normalized spacial score (nSPS) is 26.0. The molecule has 0 atom stereocenters. The van der Waals surface area contributed by atoms with Crippen molar-refractivity contribution < 1.29 is 4.79 Å². The third kappa shape index (κ3) is 3.15. The molecule has 1 heterocycles. The highest BCUT2D eigenvalue weighted by Crippen LogP contribution is 2.32. The first-order chi connectivity index (χ1) is 9.43. The van der Waals surface area contributed by atoms with Gasteiger partial charge in [-0.25, -0.2) is 0 Å². The van der Waals surface area contributed by atoms with Gasteiger partial charge in [0.05, 0.1) is 10.5 Å². The molecule has 20 heavy (non-hydrogen) atoms. The molecule has 0 radical (unpaired) electrons. The summed E-state index contributed by atoms with van der Waals surface area (Å²) in [5, 5.41) is 3.06. The van der Waals surface area contributed by atoms with Gasteiger partial charge in [-0.3, -0.25) is 9.78 Å². The van der Waals surface area contributed by atoms with Crippen LogP contribution in [-0.2, 0) is 0 Å². The lowest BCUT2D eigenvalue weighted by molar-refractivity contribution is 0.0900. The van der Waals surface area contributed by atoms with E-state index in [0.717, 1.165) is 31.4 Å². The minimum Gasteiger partial charge on any atom is -0.391 e. The van der Waals surface area contributed by atoms with Crippen LogP contribution in [0, 0.1) is 12.8 Å². The molecule has 0 saturated heterocycles. The van der Waals surface area contributed by atoms with E-state index in [1.165, 1.54) is 0 Å². The minimum absolute atomic E-state index is 0.127. The third-order valence-corrected chi connectivity index (χ3v) is 4.50. The molecule has 0 unspecified atom stereocenters. The molecule has 5 heteroatoms. The zero-order valence-corrected chi connectivity index (χ0v) is 12.8.